The van der Waals surface area contributed by atoms with Crippen LogP contribution in [-0.2, 0) is 11.2 Å². The normalized spacial score (nSPS) is 14.4. The van der Waals surface area contributed by atoms with E-state index in [9.17, 15) is 0 Å². The van der Waals surface area contributed by atoms with Crippen LogP contribution in [0.4, 0.5) is 0 Å². The van der Waals surface area contributed by atoms with Crippen molar-refractivity contribution in [2.24, 2.45) is 5.73 Å². The lowest BCUT2D eigenvalue weighted by atomic mass is 10.2. The SMILES string of the molecule is COCCC(C)Oc1ccc(CC(C)N)nc1. The molecule has 0 aromatic carbocycles. The maximum atomic E-state index is 5.71. The Bertz CT molecular complexity index is 312. The van der Waals surface area contributed by atoms with Crippen LogP contribution in [0.25, 0.3) is 0 Å². The van der Waals surface area contributed by atoms with E-state index in [-0.39, 0.29) is 12.1 Å². The van der Waals surface area contributed by atoms with Crippen molar-refractivity contribution < 1.29 is 9.47 Å². The van der Waals surface area contributed by atoms with Crippen LogP contribution in [0, 0.1) is 0 Å². The van der Waals surface area contributed by atoms with Gasteiger partial charge in [0, 0.05) is 38.3 Å². The first-order chi connectivity index (χ1) is 8.11. The summed E-state index contributed by atoms with van der Waals surface area (Å²) in [4.78, 5) is 4.32. The summed E-state index contributed by atoms with van der Waals surface area (Å²) < 4.78 is 10.7. The second-order valence-electron chi connectivity index (χ2n) is 4.38. The van der Waals surface area contributed by atoms with E-state index in [2.05, 4.69) is 4.98 Å². The Morgan fingerprint density at radius 2 is 2.12 bits per heavy atom. The number of methoxy groups -OCH3 is 1. The van der Waals surface area contributed by atoms with Crippen molar-refractivity contribution in [3.05, 3.63) is 24.0 Å². The van der Waals surface area contributed by atoms with Gasteiger partial charge in [0.2, 0.25) is 0 Å². The van der Waals surface area contributed by atoms with Crippen molar-refractivity contribution in [3.63, 3.8) is 0 Å². The molecule has 4 nitrogen and oxygen atoms in total. The summed E-state index contributed by atoms with van der Waals surface area (Å²) in [6.45, 7) is 4.70. The van der Waals surface area contributed by atoms with Crippen LogP contribution in [0.3, 0.4) is 0 Å². The van der Waals surface area contributed by atoms with Gasteiger partial charge in [-0.1, -0.05) is 0 Å². The summed E-state index contributed by atoms with van der Waals surface area (Å²) in [7, 11) is 1.69. The molecule has 2 unspecified atom stereocenters. The molecule has 1 rings (SSSR count). The Kier molecular flexibility index (Phi) is 5.94. The fourth-order valence-electron chi connectivity index (χ4n) is 1.51. The van der Waals surface area contributed by atoms with E-state index in [0.717, 1.165) is 24.3 Å². The molecule has 0 spiro atoms. The minimum absolute atomic E-state index is 0.134. The van der Waals surface area contributed by atoms with Crippen molar-refractivity contribution in [2.75, 3.05) is 13.7 Å². The van der Waals surface area contributed by atoms with Crippen LogP contribution in [-0.4, -0.2) is 30.8 Å². The summed E-state index contributed by atoms with van der Waals surface area (Å²) in [5.74, 6) is 0.794. The monoisotopic (exact) mass is 238 g/mol. The Morgan fingerprint density at radius 3 is 2.65 bits per heavy atom. The predicted octanol–water partition coefficient (Wildman–Crippen LogP) is 1.78. The smallest absolute Gasteiger partial charge is 0.138 e. The number of rotatable bonds is 7. The topological polar surface area (TPSA) is 57.4 Å². The largest absolute Gasteiger partial charge is 0.489 e. The van der Waals surface area contributed by atoms with Crippen LogP contribution >= 0.6 is 0 Å². The molecule has 17 heavy (non-hydrogen) atoms. The summed E-state index contributed by atoms with van der Waals surface area (Å²) in [5.41, 5.74) is 6.71. The van der Waals surface area contributed by atoms with E-state index >= 15 is 0 Å². The van der Waals surface area contributed by atoms with Gasteiger partial charge < -0.3 is 15.2 Å². The highest BCUT2D eigenvalue weighted by atomic mass is 16.5. The molecule has 4 heteroatoms. The zero-order valence-corrected chi connectivity index (χ0v) is 10.8. The van der Waals surface area contributed by atoms with E-state index in [1.165, 1.54) is 0 Å². The zero-order chi connectivity index (χ0) is 12.7. The average molecular weight is 238 g/mol. The minimum Gasteiger partial charge on any atom is -0.489 e. The van der Waals surface area contributed by atoms with Gasteiger partial charge in [-0.25, -0.2) is 0 Å². The average Bonchev–Trinajstić information content (AvgIpc) is 2.28. The molecule has 96 valence electrons. The first-order valence-electron chi connectivity index (χ1n) is 5.98. The van der Waals surface area contributed by atoms with Crippen molar-refractivity contribution >= 4 is 0 Å². The molecule has 0 aliphatic carbocycles. The van der Waals surface area contributed by atoms with Gasteiger partial charge in [-0.3, -0.25) is 4.98 Å². The highest BCUT2D eigenvalue weighted by Crippen LogP contribution is 2.13. The Morgan fingerprint density at radius 1 is 1.35 bits per heavy atom. The van der Waals surface area contributed by atoms with E-state index in [1.54, 1.807) is 13.3 Å². The Hall–Kier alpha value is -1.13. The summed E-state index contributed by atoms with van der Waals surface area (Å²) in [5, 5.41) is 0. The van der Waals surface area contributed by atoms with Crippen LogP contribution in [0.2, 0.25) is 0 Å². The number of ether oxygens (including phenoxy) is 2. The fraction of sp³-hybridized carbons (Fsp3) is 0.615. The van der Waals surface area contributed by atoms with Gasteiger partial charge >= 0.3 is 0 Å². The molecule has 0 amide bonds. The maximum absolute atomic E-state index is 5.71. The van der Waals surface area contributed by atoms with Crippen molar-refractivity contribution in [2.45, 2.75) is 38.8 Å². The maximum Gasteiger partial charge on any atom is 0.138 e. The molecule has 1 heterocycles. The molecule has 0 aliphatic heterocycles. The highest BCUT2D eigenvalue weighted by Gasteiger charge is 2.05. The number of aromatic nitrogens is 1. The van der Waals surface area contributed by atoms with E-state index in [1.807, 2.05) is 26.0 Å². The lowest BCUT2D eigenvalue weighted by Crippen LogP contribution is -2.18. The standard InChI is InChI=1S/C13H22N2O2/c1-10(14)8-12-4-5-13(9-15-12)17-11(2)6-7-16-3/h4-5,9-11H,6-8,14H2,1-3H3. The summed E-state index contributed by atoms with van der Waals surface area (Å²) in [6, 6.07) is 4.03. The summed E-state index contributed by atoms with van der Waals surface area (Å²) >= 11 is 0. The molecule has 0 saturated carbocycles. The molecule has 0 fully saturated rings. The van der Waals surface area contributed by atoms with E-state index in [4.69, 9.17) is 15.2 Å². The fourth-order valence-corrected chi connectivity index (χ4v) is 1.51. The van der Waals surface area contributed by atoms with Crippen LogP contribution in [0.15, 0.2) is 18.3 Å². The third kappa shape index (κ3) is 5.65. The lowest BCUT2D eigenvalue weighted by Gasteiger charge is -2.14. The molecule has 0 radical (unpaired) electrons. The number of nitrogens with two attached hydrogens (primary N) is 1. The van der Waals surface area contributed by atoms with Gasteiger partial charge in [0.15, 0.2) is 0 Å². The Balaban J connectivity index is 2.44. The third-order valence-electron chi connectivity index (χ3n) is 2.39. The molecule has 0 aliphatic rings. The minimum atomic E-state index is 0.134. The number of nitrogens with zero attached hydrogens (tertiary/aromatic N) is 1. The van der Waals surface area contributed by atoms with Crippen molar-refractivity contribution in [3.8, 4) is 5.75 Å². The Labute approximate surface area is 103 Å². The van der Waals surface area contributed by atoms with Crippen molar-refractivity contribution in [1.29, 1.82) is 0 Å². The lowest BCUT2D eigenvalue weighted by molar-refractivity contribution is 0.135. The molecule has 1 aromatic heterocycles. The number of pyridine rings is 1. The third-order valence-corrected chi connectivity index (χ3v) is 2.39. The quantitative estimate of drug-likeness (QED) is 0.786. The summed E-state index contributed by atoms with van der Waals surface area (Å²) in [6.07, 6.45) is 3.55. The molecule has 0 saturated heterocycles. The zero-order valence-electron chi connectivity index (χ0n) is 10.8. The molecular formula is C13H22N2O2. The van der Waals surface area contributed by atoms with E-state index < -0.39 is 0 Å². The van der Waals surface area contributed by atoms with E-state index in [0.29, 0.717) is 6.61 Å². The van der Waals surface area contributed by atoms with Gasteiger partial charge in [-0.05, 0) is 26.0 Å². The number of hydrogen-bond acceptors (Lipinski definition) is 4. The van der Waals surface area contributed by atoms with Gasteiger partial charge in [-0.15, -0.1) is 0 Å². The predicted molar refractivity (Wildman–Crippen MR) is 68.2 cm³/mol. The van der Waals surface area contributed by atoms with Gasteiger partial charge in [0.25, 0.3) is 0 Å². The molecule has 0 bridgehead atoms. The first-order valence-corrected chi connectivity index (χ1v) is 5.98. The molecule has 1 aromatic rings. The first kappa shape index (κ1) is 13.9. The van der Waals surface area contributed by atoms with Gasteiger partial charge in [0.05, 0.1) is 12.3 Å². The van der Waals surface area contributed by atoms with Gasteiger partial charge in [-0.2, -0.15) is 0 Å². The molecular weight excluding hydrogens is 216 g/mol. The van der Waals surface area contributed by atoms with Crippen LogP contribution in [0.5, 0.6) is 5.75 Å². The molecule has 2 atom stereocenters. The molecule has 2 N–H and O–H groups in total. The number of hydrogen-bond donors (Lipinski definition) is 1. The second kappa shape index (κ2) is 7.25. The van der Waals surface area contributed by atoms with Gasteiger partial charge in [0.1, 0.15) is 5.75 Å². The van der Waals surface area contributed by atoms with Crippen LogP contribution < -0.4 is 10.5 Å². The van der Waals surface area contributed by atoms with Crippen LogP contribution in [0.1, 0.15) is 26.0 Å². The highest BCUT2D eigenvalue weighted by molar-refractivity contribution is 5.20. The second-order valence-corrected chi connectivity index (χ2v) is 4.38. The van der Waals surface area contributed by atoms with Crippen molar-refractivity contribution in [1.82, 2.24) is 4.98 Å².